The normalized spacial score (nSPS) is 12.8. The number of benzene rings is 2. The fourth-order valence-electron chi connectivity index (χ4n) is 2.43. The Kier molecular flexibility index (Phi) is 3.64. The lowest BCUT2D eigenvalue weighted by Gasteiger charge is -2.13. The zero-order valence-electron chi connectivity index (χ0n) is 11.6. The molecule has 0 saturated heterocycles. The topological polar surface area (TPSA) is 17.8 Å². The van der Waals surface area contributed by atoms with Crippen LogP contribution in [0, 0.1) is 12.7 Å². The fourth-order valence-corrected chi connectivity index (χ4v) is 2.74. The summed E-state index contributed by atoms with van der Waals surface area (Å²) < 4.78 is 15.9. The van der Waals surface area contributed by atoms with Gasteiger partial charge in [-0.05, 0) is 43.7 Å². The lowest BCUT2D eigenvalue weighted by Crippen LogP contribution is -2.03. The van der Waals surface area contributed by atoms with Gasteiger partial charge in [0.15, 0.2) is 5.82 Å². The molecule has 3 aromatic rings. The lowest BCUT2D eigenvalue weighted by atomic mass is 10.2. The number of hydrogen-bond acceptors (Lipinski definition) is 1. The van der Waals surface area contributed by atoms with Gasteiger partial charge in [0, 0.05) is 5.02 Å². The summed E-state index contributed by atoms with van der Waals surface area (Å²) in [5.74, 6) is 0.242. The molecule has 0 amide bonds. The number of para-hydroxylation sites is 1. The predicted octanol–water partition coefficient (Wildman–Crippen LogP) is 5.43. The molecular weight excluding hydrogens is 310 g/mol. The zero-order chi connectivity index (χ0) is 15.1. The Balaban J connectivity index is 2.42. The van der Waals surface area contributed by atoms with Crippen LogP contribution in [0.25, 0.3) is 16.7 Å². The van der Waals surface area contributed by atoms with Crippen molar-refractivity contribution in [3.05, 3.63) is 58.6 Å². The third kappa shape index (κ3) is 2.41. The summed E-state index contributed by atoms with van der Waals surface area (Å²) in [4.78, 5) is 4.37. The Morgan fingerprint density at radius 2 is 2.00 bits per heavy atom. The van der Waals surface area contributed by atoms with Gasteiger partial charge in [-0.1, -0.05) is 23.7 Å². The standard InChI is InChI=1S/C16H13Cl2FN2/c1-9-6-7-11(18)8-14(9)21-13-5-3-4-12(19)15(13)20-16(21)10(2)17/h3-8,10H,1-2H3. The van der Waals surface area contributed by atoms with Crippen LogP contribution in [0.1, 0.15) is 23.7 Å². The summed E-state index contributed by atoms with van der Waals surface area (Å²) in [6, 6.07) is 10.5. The number of hydrogen-bond donors (Lipinski definition) is 0. The number of nitrogens with zero attached hydrogens (tertiary/aromatic N) is 2. The van der Waals surface area contributed by atoms with Crippen LogP contribution in [0.2, 0.25) is 5.02 Å². The molecule has 5 heteroatoms. The van der Waals surface area contributed by atoms with E-state index < -0.39 is 0 Å². The summed E-state index contributed by atoms with van der Waals surface area (Å²) in [5.41, 5.74) is 2.88. The number of halogens is 3. The van der Waals surface area contributed by atoms with Gasteiger partial charge < -0.3 is 0 Å². The molecule has 0 aliphatic rings. The van der Waals surface area contributed by atoms with E-state index in [1.165, 1.54) is 6.07 Å². The van der Waals surface area contributed by atoms with Crippen LogP contribution in [0.5, 0.6) is 0 Å². The van der Waals surface area contributed by atoms with Crippen molar-refractivity contribution in [1.82, 2.24) is 9.55 Å². The van der Waals surface area contributed by atoms with Gasteiger partial charge in [0.2, 0.25) is 0 Å². The van der Waals surface area contributed by atoms with Gasteiger partial charge in [0.25, 0.3) is 0 Å². The Bertz CT molecular complexity index is 825. The summed E-state index contributed by atoms with van der Waals surface area (Å²) in [5, 5.41) is 0.261. The van der Waals surface area contributed by atoms with Crippen molar-refractivity contribution < 1.29 is 4.39 Å². The highest BCUT2D eigenvalue weighted by molar-refractivity contribution is 6.30. The van der Waals surface area contributed by atoms with Crippen LogP contribution < -0.4 is 0 Å². The number of fused-ring (bicyclic) bond motifs is 1. The van der Waals surface area contributed by atoms with Crippen molar-refractivity contribution in [3.63, 3.8) is 0 Å². The van der Waals surface area contributed by atoms with E-state index in [0.29, 0.717) is 21.9 Å². The SMILES string of the molecule is Cc1ccc(Cl)cc1-n1c(C(C)Cl)nc2c(F)cccc21. The first-order valence-electron chi connectivity index (χ1n) is 6.56. The number of rotatable bonds is 2. The summed E-state index contributed by atoms with van der Waals surface area (Å²) in [6.07, 6.45) is 0. The summed E-state index contributed by atoms with van der Waals surface area (Å²) in [6.45, 7) is 3.79. The van der Waals surface area contributed by atoms with E-state index in [-0.39, 0.29) is 11.2 Å². The van der Waals surface area contributed by atoms with Crippen molar-refractivity contribution in [2.24, 2.45) is 0 Å². The fraction of sp³-hybridized carbons (Fsp3) is 0.188. The molecule has 3 rings (SSSR count). The van der Waals surface area contributed by atoms with Crippen LogP contribution in [0.4, 0.5) is 4.39 Å². The molecule has 2 aromatic carbocycles. The van der Waals surface area contributed by atoms with Gasteiger partial charge in [0.05, 0.1) is 16.6 Å². The van der Waals surface area contributed by atoms with Crippen molar-refractivity contribution in [2.75, 3.05) is 0 Å². The van der Waals surface area contributed by atoms with Gasteiger partial charge in [-0.15, -0.1) is 11.6 Å². The molecular formula is C16H13Cl2FN2. The molecule has 0 aliphatic carbocycles. The third-order valence-corrected chi connectivity index (χ3v) is 3.86. The molecule has 0 aliphatic heterocycles. The summed E-state index contributed by atoms with van der Waals surface area (Å²) >= 11 is 12.3. The van der Waals surface area contributed by atoms with Gasteiger partial charge >= 0.3 is 0 Å². The maximum absolute atomic E-state index is 14.0. The number of aromatic nitrogens is 2. The minimum Gasteiger partial charge on any atom is -0.295 e. The first kappa shape index (κ1) is 14.4. The minimum atomic E-state index is -0.357. The molecule has 0 spiro atoms. The van der Waals surface area contributed by atoms with Crippen LogP contribution in [0.3, 0.4) is 0 Å². The highest BCUT2D eigenvalue weighted by Crippen LogP contribution is 2.31. The van der Waals surface area contributed by atoms with Crippen molar-refractivity contribution in [1.29, 1.82) is 0 Å². The molecule has 1 atom stereocenters. The molecule has 1 heterocycles. The predicted molar refractivity (Wildman–Crippen MR) is 85.0 cm³/mol. The average Bonchev–Trinajstić information content (AvgIpc) is 2.82. The highest BCUT2D eigenvalue weighted by atomic mass is 35.5. The largest absolute Gasteiger partial charge is 0.295 e. The number of alkyl halides is 1. The number of imidazole rings is 1. The van der Waals surface area contributed by atoms with Gasteiger partial charge in [-0.2, -0.15) is 0 Å². The molecule has 0 fully saturated rings. The first-order chi connectivity index (χ1) is 9.99. The minimum absolute atomic E-state index is 0.319. The van der Waals surface area contributed by atoms with Crippen LogP contribution in [0.15, 0.2) is 36.4 Å². The van der Waals surface area contributed by atoms with E-state index in [0.717, 1.165) is 11.3 Å². The highest BCUT2D eigenvalue weighted by Gasteiger charge is 2.19. The van der Waals surface area contributed by atoms with Gasteiger partial charge in [-0.25, -0.2) is 9.37 Å². The smallest absolute Gasteiger partial charge is 0.151 e. The monoisotopic (exact) mass is 322 g/mol. The molecule has 1 aromatic heterocycles. The van der Waals surface area contributed by atoms with E-state index in [2.05, 4.69) is 4.98 Å². The number of aryl methyl sites for hydroxylation is 1. The third-order valence-electron chi connectivity index (χ3n) is 3.43. The van der Waals surface area contributed by atoms with Crippen molar-refractivity contribution in [2.45, 2.75) is 19.2 Å². The molecule has 108 valence electrons. The second-order valence-corrected chi connectivity index (χ2v) is 6.05. The quantitative estimate of drug-likeness (QED) is 0.575. The maximum atomic E-state index is 14.0. The Hall–Kier alpha value is -1.58. The first-order valence-corrected chi connectivity index (χ1v) is 7.38. The molecule has 21 heavy (non-hydrogen) atoms. The summed E-state index contributed by atoms with van der Waals surface area (Å²) in [7, 11) is 0. The lowest BCUT2D eigenvalue weighted by molar-refractivity contribution is 0.637. The van der Waals surface area contributed by atoms with Crippen LogP contribution in [-0.2, 0) is 0 Å². The average molecular weight is 323 g/mol. The molecule has 0 radical (unpaired) electrons. The van der Waals surface area contributed by atoms with E-state index in [9.17, 15) is 4.39 Å². The van der Waals surface area contributed by atoms with Crippen molar-refractivity contribution in [3.8, 4) is 5.69 Å². The molecule has 2 nitrogen and oxygen atoms in total. The van der Waals surface area contributed by atoms with Crippen molar-refractivity contribution >= 4 is 34.2 Å². The molecule has 0 N–H and O–H groups in total. The molecule has 0 bridgehead atoms. The Labute approximate surface area is 132 Å². The van der Waals surface area contributed by atoms with Gasteiger partial charge in [-0.3, -0.25) is 4.57 Å². The molecule has 0 saturated carbocycles. The second-order valence-electron chi connectivity index (χ2n) is 4.96. The van der Waals surface area contributed by atoms with Crippen LogP contribution >= 0.6 is 23.2 Å². The molecule has 1 unspecified atom stereocenters. The Morgan fingerprint density at radius 3 is 2.71 bits per heavy atom. The van der Waals surface area contributed by atoms with E-state index in [4.69, 9.17) is 23.2 Å². The maximum Gasteiger partial charge on any atom is 0.151 e. The van der Waals surface area contributed by atoms with Gasteiger partial charge in [0.1, 0.15) is 11.3 Å². The van der Waals surface area contributed by atoms with E-state index >= 15 is 0 Å². The van der Waals surface area contributed by atoms with E-state index in [1.807, 2.05) is 42.7 Å². The Morgan fingerprint density at radius 1 is 1.24 bits per heavy atom. The van der Waals surface area contributed by atoms with E-state index in [1.54, 1.807) is 6.07 Å². The zero-order valence-corrected chi connectivity index (χ0v) is 13.1. The second kappa shape index (κ2) is 5.32. The van der Waals surface area contributed by atoms with Crippen LogP contribution in [-0.4, -0.2) is 9.55 Å².